The van der Waals surface area contributed by atoms with E-state index in [2.05, 4.69) is 10.6 Å². The Morgan fingerprint density at radius 3 is 2.76 bits per heavy atom. The van der Waals surface area contributed by atoms with E-state index in [4.69, 9.17) is 4.74 Å². The van der Waals surface area contributed by atoms with Gasteiger partial charge in [-0.25, -0.2) is 8.42 Å². The summed E-state index contributed by atoms with van der Waals surface area (Å²) >= 11 is 0. The maximum absolute atomic E-state index is 13.1. The van der Waals surface area contributed by atoms with Crippen LogP contribution < -0.4 is 15.4 Å². The molecule has 1 fully saturated rings. The normalized spacial score (nSPS) is 19.6. The van der Waals surface area contributed by atoms with Crippen LogP contribution in [-0.4, -0.2) is 44.2 Å². The van der Waals surface area contributed by atoms with Crippen molar-refractivity contribution in [2.45, 2.75) is 17.7 Å². The maximum Gasteiger partial charge on any atom is 0.262 e. The van der Waals surface area contributed by atoms with E-state index in [1.807, 2.05) is 18.2 Å². The largest absolute Gasteiger partial charge is 0.482 e. The minimum atomic E-state index is -3.81. The standard InChI is InChI=1S/C20H21N3O5S/c24-19-13-28-18-9-8-16(11-17(18)22-19)29(26,27)23-10-4-5-14(12-23)20(25)21-15-6-2-1-3-7-15/h1-3,6-9,11,14H,4-5,10,12-13H2,(H,21,25)(H,22,24)/t14-/m0/s1. The predicted octanol–water partition coefficient (Wildman–Crippen LogP) is 2.06. The Kier molecular flexibility index (Phi) is 5.25. The van der Waals surface area contributed by atoms with E-state index < -0.39 is 15.9 Å². The van der Waals surface area contributed by atoms with E-state index in [0.717, 1.165) is 0 Å². The highest BCUT2D eigenvalue weighted by Crippen LogP contribution is 2.32. The molecule has 0 saturated carbocycles. The van der Waals surface area contributed by atoms with Crippen LogP contribution in [0.15, 0.2) is 53.4 Å². The zero-order valence-electron chi connectivity index (χ0n) is 15.6. The summed E-state index contributed by atoms with van der Waals surface area (Å²) in [5, 5.41) is 5.46. The molecule has 2 aromatic rings. The molecule has 9 heteroatoms. The summed E-state index contributed by atoms with van der Waals surface area (Å²) in [6, 6.07) is 13.5. The molecule has 0 aliphatic carbocycles. The lowest BCUT2D eigenvalue weighted by atomic mass is 9.99. The van der Waals surface area contributed by atoms with E-state index in [1.165, 1.54) is 22.5 Å². The number of fused-ring (bicyclic) bond motifs is 1. The highest BCUT2D eigenvalue weighted by atomic mass is 32.2. The van der Waals surface area contributed by atoms with E-state index in [1.54, 1.807) is 12.1 Å². The van der Waals surface area contributed by atoms with Crippen LogP contribution in [0.4, 0.5) is 11.4 Å². The molecule has 2 aliphatic heterocycles. The van der Waals surface area contributed by atoms with E-state index in [-0.39, 0.29) is 29.9 Å². The molecule has 0 spiro atoms. The van der Waals surface area contributed by atoms with Crippen LogP contribution in [0.5, 0.6) is 5.75 Å². The first-order valence-corrected chi connectivity index (χ1v) is 10.8. The quantitative estimate of drug-likeness (QED) is 0.795. The van der Waals surface area contributed by atoms with Gasteiger partial charge < -0.3 is 15.4 Å². The number of para-hydroxylation sites is 1. The van der Waals surface area contributed by atoms with Crippen LogP contribution in [0.1, 0.15) is 12.8 Å². The van der Waals surface area contributed by atoms with E-state index in [0.29, 0.717) is 36.5 Å². The van der Waals surface area contributed by atoms with Crippen LogP contribution in [0.25, 0.3) is 0 Å². The number of sulfonamides is 1. The lowest BCUT2D eigenvalue weighted by Crippen LogP contribution is -2.43. The topological polar surface area (TPSA) is 105 Å². The fourth-order valence-corrected chi connectivity index (χ4v) is 5.06. The van der Waals surface area contributed by atoms with Crippen molar-refractivity contribution in [1.29, 1.82) is 0 Å². The van der Waals surface area contributed by atoms with Crippen molar-refractivity contribution < 1.29 is 22.7 Å². The number of hydrogen-bond donors (Lipinski definition) is 2. The van der Waals surface area contributed by atoms with Crippen molar-refractivity contribution in [3.05, 3.63) is 48.5 Å². The van der Waals surface area contributed by atoms with Crippen molar-refractivity contribution in [2.75, 3.05) is 30.3 Å². The van der Waals surface area contributed by atoms with Gasteiger partial charge in [0.25, 0.3) is 5.91 Å². The summed E-state index contributed by atoms with van der Waals surface area (Å²) < 4.78 is 32.9. The first-order chi connectivity index (χ1) is 13.9. The summed E-state index contributed by atoms with van der Waals surface area (Å²) in [5.41, 5.74) is 1.01. The molecule has 1 saturated heterocycles. The lowest BCUT2D eigenvalue weighted by molar-refractivity contribution is -0.121. The number of ether oxygens (including phenoxy) is 1. The number of amides is 2. The minimum absolute atomic E-state index is 0.0613. The number of nitrogens with zero attached hydrogens (tertiary/aromatic N) is 1. The third-order valence-electron chi connectivity index (χ3n) is 5.02. The highest BCUT2D eigenvalue weighted by Gasteiger charge is 2.34. The molecule has 0 bridgehead atoms. The van der Waals surface area contributed by atoms with Crippen LogP contribution in [0.2, 0.25) is 0 Å². The Hall–Kier alpha value is -2.91. The third kappa shape index (κ3) is 4.10. The SMILES string of the molecule is O=C1COc2ccc(S(=O)(=O)N3CCC[C@H](C(=O)Nc4ccccc4)C3)cc2N1. The first-order valence-electron chi connectivity index (χ1n) is 9.36. The van der Waals surface area contributed by atoms with Gasteiger partial charge in [-0.1, -0.05) is 18.2 Å². The number of carbonyl (C=O) groups excluding carboxylic acids is 2. The van der Waals surface area contributed by atoms with Crippen LogP contribution in [-0.2, 0) is 19.6 Å². The fourth-order valence-electron chi connectivity index (χ4n) is 3.51. The zero-order valence-corrected chi connectivity index (χ0v) is 16.4. The summed E-state index contributed by atoms with van der Waals surface area (Å²) in [5.74, 6) is -0.522. The Morgan fingerprint density at radius 1 is 1.17 bits per heavy atom. The first kappa shape index (κ1) is 19.4. The van der Waals surface area contributed by atoms with Gasteiger partial charge in [0.05, 0.1) is 16.5 Å². The molecule has 29 heavy (non-hydrogen) atoms. The molecule has 8 nitrogen and oxygen atoms in total. The van der Waals surface area contributed by atoms with Gasteiger partial charge in [0.1, 0.15) is 5.75 Å². The highest BCUT2D eigenvalue weighted by molar-refractivity contribution is 7.89. The molecule has 2 N–H and O–H groups in total. The zero-order chi connectivity index (χ0) is 20.4. The van der Waals surface area contributed by atoms with Crippen molar-refractivity contribution in [3.63, 3.8) is 0 Å². The number of benzene rings is 2. The second-order valence-electron chi connectivity index (χ2n) is 7.05. The predicted molar refractivity (Wildman–Crippen MR) is 107 cm³/mol. The minimum Gasteiger partial charge on any atom is -0.482 e. The number of hydrogen-bond acceptors (Lipinski definition) is 5. The van der Waals surface area contributed by atoms with Gasteiger partial charge in [0.15, 0.2) is 6.61 Å². The second-order valence-corrected chi connectivity index (χ2v) is 8.99. The number of anilines is 2. The molecule has 0 radical (unpaired) electrons. The summed E-state index contributed by atoms with van der Waals surface area (Å²) in [7, 11) is -3.81. The molecule has 2 heterocycles. The van der Waals surface area contributed by atoms with E-state index in [9.17, 15) is 18.0 Å². The van der Waals surface area contributed by atoms with Gasteiger partial charge in [-0.05, 0) is 43.2 Å². The Balaban J connectivity index is 1.50. The van der Waals surface area contributed by atoms with Gasteiger partial charge in [0.2, 0.25) is 15.9 Å². The third-order valence-corrected chi connectivity index (χ3v) is 6.88. The van der Waals surface area contributed by atoms with Gasteiger partial charge in [0, 0.05) is 18.8 Å². The maximum atomic E-state index is 13.1. The molecular weight excluding hydrogens is 394 g/mol. The Labute approximate surface area is 168 Å². The van der Waals surface area contributed by atoms with Gasteiger partial charge in [-0.3, -0.25) is 9.59 Å². The summed E-state index contributed by atoms with van der Waals surface area (Å²) in [4.78, 5) is 24.2. The van der Waals surface area contributed by atoms with Crippen molar-refractivity contribution in [3.8, 4) is 5.75 Å². The molecule has 1 atom stereocenters. The molecule has 2 aromatic carbocycles. The average Bonchev–Trinajstić information content (AvgIpc) is 2.74. The summed E-state index contributed by atoms with van der Waals surface area (Å²) in [6.45, 7) is 0.363. The number of nitrogens with one attached hydrogen (secondary N) is 2. The molecule has 4 rings (SSSR count). The van der Waals surface area contributed by atoms with Gasteiger partial charge in [-0.15, -0.1) is 0 Å². The smallest absolute Gasteiger partial charge is 0.262 e. The molecule has 2 aliphatic rings. The average molecular weight is 415 g/mol. The number of piperidine rings is 1. The number of carbonyl (C=O) groups is 2. The van der Waals surface area contributed by atoms with E-state index >= 15 is 0 Å². The monoisotopic (exact) mass is 415 g/mol. The van der Waals surface area contributed by atoms with Crippen molar-refractivity contribution >= 4 is 33.2 Å². The molecule has 152 valence electrons. The Morgan fingerprint density at radius 2 is 1.97 bits per heavy atom. The van der Waals surface area contributed by atoms with Crippen LogP contribution >= 0.6 is 0 Å². The van der Waals surface area contributed by atoms with Crippen LogP contribution in [0.3, 0.4) is 0 Å². The van der Waals surface area contributed by atoms with Crippen molar-refractivity contribution in [1.82, 2.24) is 4.31 Å². The molecule has 2 amide bonds. The fraction of sp³-hybridized carbons (Fsp3) is 0.300. The molecular formula is C20H21N3O5S. The summed E-state index contributed by atoms with van der Waals surface area (Å²) in [6.07, 6.45) is 1.22. The van der Waals surface area contributed by atoms with Gasteiger partial charge in [-0.2, -0.15) is 4.31 Å². The Bertz CT molecular complexity index is 1040. The molecule has 0 unspecified atom stereocenters. The van der Waals surface area contributed by atoms with Crippen LogP contribution in [0, 0.1) is 5.92 Å². The lowest BCUT2D eigenvalue weighted by Gasteiger charge is -2.31. The number of rotatable bonds is 4. The van der Waals surface area contributed by atoms with Gasteiger partial charge >= 0.3 is 0 Å². The second kappa shape index (κ2) is 7.84. The molecule has 0 aromatic heterocycles. The van der Waals surface area contributed by atoms with Crippen molar-refractivity contribution in [2.24, 2.45) is 5.92 Å².